The van der Waals surface area contributed by atoms with E-state index in [9.17, 15) is 9.59 Å². The number of nitrogens with zero attached hydrogens (tertiary/aromatic N) is 2. The molecule has 1 amide bonds. The molecule has 1 aromatic rings. The molecule has 0 saturated carbocycles. The molecule has 0 radical (unpaired) electrons. The van der Waals surface area contributed by atoms with Crippen LogP contribution in [0.25, 0.3) is 0 Å². The largest absolute Gasteiger partial charge is 0.373 e. The number of carbonyl (C=O) groups is 2. The minimum atomic E-state index is -0.594. The summed E-state index contributed by atoms with van der Waals surface area (Å²) < 4.78 is 0. The highest BCUT2D eigenvalue weighted by Gasteiger charge is 2.29. The fourth-order valence-electron chi connectivity index (χ4n) is 2.19. The number of hydrogen-bond donors (Lipinski definition) is 1. The summed E-state index contributed by atoms with van der Waals surface area (Å²) in [6, 6.07) is 3.32. The fourth-order valence-corrected chi connectivity index (χ4v) is 2.50. The molecule has 1 aromatic carbocycles. The summed E-state index contributed by atoms with van der Waals surface area (Å²) in [6.45, 7) is 1.83. The van der Waals surface area contributed by atoms with E-state index in [1.54, 1.807) is 12.1 Å². The molecular formula is C14H18ClN3O2. The minimum Gasteiger partial charge on any atom is -0.373 e. The van der Waals surface area contributed by atoms with E-state index in [0.717, 1.165) is 25.2 Å². The zero-order valence-corrected chi connectivity index (χ0v) is 12.6. The smallest absolute Gasteiger partial charge is 0.296 e. The lowest BCUT2D eigenvalue weighted by atomic mass is 10.1. The van der Waals surface area contributed by atoms with Gasteiger partial charge in [0.1, 0.15) is 0 Å². The number of anilines is 2. The maximum atomic E-state index is 11.6. The van der Waals surface area contributed by atoms with E-state index in [-0.39, 0.29) is 0 Å². The monoisotopic (exact) mass is 295 g/mol. The van der Waals surface area contributed by atoms with E-state index >= 15 is 0 Å². The highest BCUT2D eigenvalue weighted by molar-refractivity contribution is 6.52. The molecule has 0 unspecified atom stereocenters. The summed E-state index contributed by atoms with van der Waals surface area (Å²) in [7, 11) is 6.01. The van der Waals surface area contributed by atoms with Crippen molar-refractivity contribution in [3.8, 4) is 0 Å². The van der Waals surface area contributed by atoms with E-state index < -0.39 is 11.7 Å². The van der Waals surface area contributed by atoms with Crippen molar-refractivity contribution in [2.75, 3.05) is 44.4 Å². The zero-order valence-electron chi connectivity index (χ0n) is 11.9. The first-order valence-corrected chi connectivity index (χ1v) is 6.83. The van der Waals surface area contributed by atoms with Gasteiger partial charge in [0.15, 0.2) is 0 Å². The number of carbonyl (C=O) groups excluding carboxylic acids is 2. The van der Waals surface area contributed by atoms with Gasteiger partial charge in [-0.1, -0.05) is 11.6 Å². The van der Waals surface area contributed by atoms with Crippen LogP contribution in [-0.4, -0.2) is 50.8 Å². The van der Waals surface area contributed by atoms with Crippen LogP contribution >= 0.6 is 11.6 Å². The SMILES string of the molecule is CN(C)CCCN(C)c1cc2c(cc1Cl)C(=O)C(=O)N2. The number of rotatable bonds is 5. The van der Waals surface area contributed by atoms with Crippen LogP contribution in [0.15, 0.2) is 12.1 Å². The van der Waals surface area contributed by atoms with Crippen LogP contribution < -0.4 is 10.2 Å². The third kappa shape index (κ3) is 2.94. The van der Waals surface area contributed by atoms with Gasteiger partial charge in [0.05, 0.1) is 22.0 Å². The molecule has 1 aliphatic heterocycles. The Labute approximate surface area is 123 Å². The van der Waals surface area contributed by atoms with E-state index in [1.807, 2.05) is 26.0 Å². The first-order valence-electron chi connectivity index (χ1n) is 6.45. The van der Waals surface area contributed by atoms with Gasteiger partial charge >= 0.3 is 0 Å². The van der Waals surface area contributed by atoms with Crippen LogP contribution in [0.4, 0.5) is 11.4 Å². The molecule has 0 aromatic heterocycles. The first kappa shape index (κ1) is 14.8. The van der Waals surface area contributed by atoms with Crippen molar-refractivity contribution in [3.63, 3.8) is 0 Å². The van der Waals surface area contributed by atoms with Crippen molar-refractivity contribution in [2.24, 2.45) is 0 Å². The lowest BCUT2D eigenvalue weighted by Gasteiger charge is -2.22. The normalized spacial score (nSPS) is 13.7. The van der Waals surface area contributed by atoms with Gasteiger partial charge in [-0.3, -0.25) is 9.59 Å². The Kier molecular flexibility index (Phi) is 4.30. The highest BCUT2D eigenvalue weighted by Crippen LogP contribution is 2.34. The van der Waals surface area contributed by atoms with E-state index in [4.69, 9.17) is 11.6 Å². The zero-order chi connectivity index (χ0) is 14.9. The Balaban J connectivity index is 2.15. The number of amides is 1. The van der Waals surface area contributed by atoms with Gasteiger partial charge in [-0.25, -0.2) is 0 Å². The van der Waals surface area contributed by atoms with Crippen LogP contribution in [0.5, 0.6) is 0 Å². The summed E-state index contributed by atoms with van der Waals surface area (Å²) in [4.78, 5) is 27.1. The number of Topliss-reactive ketones (excluding diaryl/α,β-unsaturated/α-hetero) is 1. The van der Waals surface area contributed by atoms with Gasteiger partial charge in [-0.2, -0.15) is 0 Å². The molecule has 1 aliphatic rings. The molecule has 0 bridgehead atoms. The van der Waals surface area contributed by atoms with Crippen molar-refractivity contribution < 1.29 is 9.59 Å². The third-order valence-corrected chi connectivity index (χ3v) is 3.60. The molecule has 1 N–H and O–H groups in total. The quantitative estimate of drug-likeness (QED) is 0.843. The number of nitrogens with one attached hydrogen (secondary N) is 1. The maximum absolute atomic E-state index is 11.6. The van der Waals surface area contributed by atoms with Crippen molar-refractivity contribution in [1.29, 1.82) is 0 Å². The van der Waals surface area contributed by atoms with Gasteiger partial charge in [-0.05, 0) is 39.2 Å². The van der Waals surface area contributed by atoms with Gasteiger partial charge in [0.25, 0.3) is 11.7 Å². The van der Waals surface area contributed by atoms with Crippen molar-refractivity contribution >= 4 is 34.7 Å². The van der Waals surface area contributed by atoms with E-state index in [2.05, 4.69) is 10.2 Å². The third-order valence-electron chi connectivity index (χ3n) is 3.30. The van der Waals surface area contributed by atoms with Crippen LogP contribution in [0, 0.1) is 0 Å². The second-order valence-corrected chi connectivity index (χ2v) is 5.62. The predicted octanol–water partition coefficient (Wildman–Crippen LogP) is 1.86. The summed E-state index contributed by atoms with van der Waals surface area (Å²) in [5.41, 5.74) is 1.71. The number of hydrogen-bond acceptors (Lipinski definition) is 4. The molecule has 1 heterocycles. The van der Waals surface area contributed by atoms with Gasteiger partial charge in [0.2, 0.25) is 0 Å². The second-order valence-electron chi connectivity index (χ2n) is 5.21. The summed E-state index contributed by atoms with van der Waals surface area (Å²) >= 11 is 6.21. The topological polar surface area (TPSA) is 52.7 Å². The Morgan fingerprint density at radius 2 is 1.85 bits per heavy atom. The van der Waals surface area contributed by atoms with Gasteiger partial charge in [-0.15, -0.1) is 0 Å². The van der Waals surface area contributed by atoms with Crippen molar-refractivity contribution in [3.05, 3.63) is 22.7 Å². The van der Waals surface area contributed by atoms with Crippen LogP contribution in [0.3, 0.4) is 0 Å². The molecule has 2 rings (SSSR count). The fraction of sp³-hybridized carbons (Fsp3) is 0.429. The van der Waals surface area contributed by atoms with Crippen molar-refractivity contribution in [1.82, 2.24) is 4.90 Å². The Morgan fingerprint density at radius 1 is 1.15 bits per heavy atom. The molecule has 108 valence electrons. The summed E-state index contributed by atoms with van der Waals surface area (Å²) in [6.07, 6.45) is 1.00. The Bertz CT molecular complexity index is 558. The predicted molar refractivity (Wildman–Crippen MR) is 80.9 cm³/mol. The van der Waals surface area contributed by atoms with Crippen LogP contribution in [0.1, 0.15) is 16.8 Å². The molecule has 0 aliphatic carbocycles. The number of halogens is 1. The molecular weight excluding hydrogens is 278 g/mol. The minimum absolute atomic E-state index is 0.352. The molecule has 5 nitrogen and oxygen atoms in total. The molecule has 6 heteroatoms. The van der Waals surface area contributed by atoms with Crippen LogP contribution in [0.2, 0.25) is 5.02 Å². The van der Waals surface area contributed by atoms with E-state index in [0.29, 0.717) is 16.3 Å². The lowest BCUT2D eigenvalue weighted by Crippen LogP contribution is -2.23. The van der Waals surface area contributed by atoms with Crippen LogP contribution in [-0.2, 0) is 4.79 Å². The highest BCUT2D eigenvalue weighted by atomic mass is 35.5. The van der Waals surface area contributed by atoms with Gasteiger partial charge < -0.3 is 15.1 Å². The summed E-state index contributed by atoms with van der Waals surface area (Å²) in [5.74, 6) is -1.12. The average Bonchev–Trinajstić information content (AvgIpc) is 2.64. The lowest BCUT2D eigenvalue weighted by molar-refractivity contribution is -0.112. The van der Waals surface area contributed by atoms with Gasteiger partial charge in [0, 0.05) is 13.6 Å². The molecule has 20 heavy (non-hydrogen) atoms. The molecule has 0 spiro atoms. The van der Waals surface area contributed by atoms with E-state index in [1.165, 1.54) is 0 Å². The maximum Gasteiger partial charge on any atom is 0.296 e. The summed E-state index contributed by atoms with van der Waals surface area (Å²) in [5, 5.41) is 3.05. The Morgan fingerprint density at radius 3 is 2.50 bits per heavy atom. The first-order chi connectivity index (χ1) is 9.40. The van der Waals surface area contributed by atoms with Crippen molar-refractivity contribution in [2.45, 2.75) is 6.42 Å². The molecule has 0 saturated heterocycles. The Hall–Kier alpha value is -1.59. The number of ketones is 1. The molecule has 0 atom stereocenters. The number of benzene rings is 1. The number of fused-ring (bicyclic) bond motifs is 1. The average molecular weight is 296 g/mol. The molecule has 0 fully saturated rings. The second kappa shape index (κ2) is 5.81. The standard InChI is InChI=1S/C14H18ClN3O2/c1-17(2)5-4-6-18(3)12-8-11-9(7-10(12)15)13(19)14(20)16-11/h7-8H,4-6H2,1-3H3,(H,16,19,20).